The van der Waals surface area contributed by atoms with Gasteiger partial charge in [0.1, 0.15) is 11.6 Å². The van der Waals surface area contributed by atoms with Crippen LogP contribution in [0.1, 0.15) is 46.4 Å². The third kappa shape index (κ3) is 5.03. The van der Waals surface area contributed by atoms with E-state index in [9.17, 15) is 28.0 Å². The Morgan fingerprint density at radius 1 is 1.02 bits per heavy atom. The Morgan fingerprint density at radius 2 is 1.77 bits per heavy atom. The van der Waals surface area contributed by atoms with Crippen molar-refractivity contribution in [2.24, 2.45) is 0 Å². The maximum Gasteiger partial charge on any atom is 0.416 e. The monoisotopic (exact) mass is 584 g/mol. The van der Waals surface area contributed by atoms with Crippen LogP contribution in [-0.4, -0.2) is 56.5 Å². The lowest BCUT2D eigenvalue weighted by atomic mass is 9.83. The number of amides is 1. The maximum absolute atomic E-state index is 13.8. The molecule has 2 aromatic carbocycles. The van der Waals surface area contributed by atoms with Gasteiger partial charge in [-0.3, -0.25) is 14.6 Å². The third-order valence-corrected chi connectivity index (χ3v) is 8.38. The zero-order chi connectivity index (χ0) is 30.4. The minimum atomic E-state index is -4.62. The molecule has 2 aliphatic heterocycles. The molecule has 1 amide bonds. The van der Waals surface area contributed by atoms with Crippen LogP contribution in [0.5, 0.6) is 0 Å². The minimum Gasteiger partial charge on any atom is -0.358 e. The number of benzene rings is 2. The zero-order valence-electron chi connectivity index (χ0n) is 23.3. The molecular weight excluding hydrogens is 557 g/mol. The lowest BCUT2D eigenvalue weighted by Gasteiger charge is -2.44. The molecule has 8 nitrogen and oxygen atoms in total. The molecule has 4 aromatic rings. The van der Waals surface area contributed by atoms with E-state index in [1.165, 1.54) is 10.7 Å². The molecule has 4 heterocycles. The van der Waals surface area contributed by atoms with Gasteiger partial charge in [0.25, 0.3) is 5.91 Å². The number of ketones is 1. The van der Waals surface area contributed by atoms with Crippen molar-refractivity contribution in [2.45, 2.75) is 37.9 Å². The van der Waals surface area contributed by atoms with Crippen LogP contribution >= 0.6 is 0 Å². The molecule has 2 saturated heterocycles. The first kappa shape index (κ1) is 28.2. The molecule has 0 aliphatic carbocycles. The van der Waals surface area contributed by atoms with E-state index in [2.05, 4.69) is 15.0 Å². The number of hydrogen-bond acceptors (Lipinski definition) is 6. The summed E-state index contributed by atoms with van der Waals surface area (Å²) in [5.41, 5.74) is 1.41. The summed E-state index contributed by atoms with van der Waals surface area (Å²) in [6, 6.07) is 17.7. The average molecular weight is 585 g/mol. The summed E-state index contributed by atoms with van der Waals surface area (Å²) in [6.45, 7) is 3.32. The first-order chi connectivity index (χ1) is 20.6. The van der Waals surface area contributed by atoms with Crippen LogP contribution in [0.2, 0.25) is 0 Å². The highest BCUT2D eigenvalue weighted by Gasteiger charge is 2.50. The molecule has 218 valence electrons. The topological polar surface area (TPSA) is 95.1 Å². The summed E-state index contributed by atoms with van der Waals surface area (Å²) in [5.74, 6) is -0.189. The molecule has 2 fully saturated rings. The number of nitrogens with zero attached hydrogens (tertiary/aromatic N) is 6. The van der Waals surface area contributed by atoms with Crippen molar-refractivity contribution in [1.82, 2.24) is 19.7 Å². The molecule has 11 heteroatoms. The number of piperidine rings is 1. The largest absolute Gasteiger partial charge is 0.416 e. The second-order valence-electron chi connectivity index (χ2n) is 10.9. The molecule has 2 aliphatic rings. The summed E-state index contributed by atoms with van der Waals surface area (Å²) < 4.78 is 41.4. The molecule has 43 heavy (non-hydrogen) atoms. The van der Waals surface area contributed by atoms with Crippen molar-refractivity contribution in [3.05, 3.63) is 95.4 Å². The van der Waals surface area contributed by atoms with Crippen molar-refractivity contribution < 1.29 is 22.8 Å². The van der Waals surface area contributed by atoms with Gasteiger partial charge in [-0.05, 0) is 68.3 Å². The van der Waals surface area contributed by atoms with E-state index in [4.69, 9.17) is 0 Å². The van der Waals surface area contributed by atoms with Crippen molar-refractivity contribution in [3.63, 3.8) is 0 Å². The van der Waals surface area contributed by atoms with E-state index >= 15 is 0 Å². The quantitative estimate of drug-likeness (QED) is 0.311. The highest BCUT2D eigenvalue weighted by molar-refractivity contribution is 5.97. The van der Waals surface area contributed by atoms with Gasteiger partial charge in [-0.25, -0.2) is 4.68 Å². The number of aromatic nitrogens is 3. The lowest BCUT2D eigenvalue weighted by Crippen LogP contribution is -2.56. The van der Waals surface area contributed by atoms with E-state index in [0.29, 0.717) is 50.2 Å². The minimum absolute atomic E-state index is 0.0757. The number of alkyl halides is 3. The third-order valence-electron chi connectivity index (χ3n) is 8.38. The van der Waals surface area contributed by atoms with Crippen molar-refractivity contribution >= 4 is 17.4 Å². The van der Waals surface area contributed by atoms with Gasteiger partial charge in [-0.2, -0.15) is 23.5 Å². The van der Waals surface area contributed by atoms with E-state index in [0.717, 1.165) is 23.4 Å². The van der Waals surface area contributed by atoms with Crippen molar-refractivity contribution in [2.75, 3.05) is 24.5 Å². The highest BCUT2D eigenvalue weighted by Crippen LogP contribution is 2.40. The van der Waals surface area contributed by atoms with Gasteiger partial charge in [0.05, 0.1) is 22.5 Å². The molecule has 0 atom stereocenters. The zero-order valence-corrected chi connectivity index (χ0v) is 23.3. The van der Waals surface area contributed by atoms with Crippen molar-refractivity contribution in [1.29, 1.82) is 5.26 Å². The first-order valence-corrected chi connectivity index (χ1v) is 13.9. The fourth-order valence-electron chi connectivity index (χ4n) is 6.08. The van der Waals surface area contributed by atoms with E-state index < -0.39 is 17.3 Å². The number of hydrogen-bond donors (Lipinski definition) is 0. The van der Waals surface area contributed by atoms with Crippen LogP contribution < -0.4 is 4.90 Å². The Labute approximate surface area is 246 Å². The molecule has 6 rings (SSSR count). The van der Waals surface area contributed by atoms with Gasteiger partial charge in [-0.15, -0.1) is 0 Å². The van der Waals surface area contributed by atoms with Crippen LogP contribution in [0.15, 0.2) is 73.1 Å². The summed E-state index contributed by atoms with van der Waals surface area (Å²) in [5, 5.41) is 14.2. The fourth-order valence-corrected chi connectivity index (χ4v) is 6.08. The number of pyridine rings is 1. The number of carbonyl (C=O) groups is 2. The van der Waals surface area contributed by atoms with E-state index in [1.807, 2.05) is 37.3 Å². The van der Waals surface area contributed by atoms with Crippen molar-refractivity contribution in [3.8, 4) is 23.0 Å². The number of rotatable bonds is 4. The Kier molecular flexibility index (Phi) is 7.00. The highest BCUT2D eigenvalue weighted by atomic mass is 19.4. The molecule has 0 unspecified atom stereocenters. The number of Topliss-reactive ketones (excluding diaryl/α,β-unsaturated/α-hetero) is 1. The smallest absolute Gasteiger partial charge is 0.358 e. The summed E-state index contributed by atoms with van der Waals surface area (Å²) >= 11 is 0. The number of carbonyl (C=O) groups excluding carboxylic acids is 2. The number of aryl methyl sites for hydroxylation is 1. The van der Waals surface area contributed by atoms with Crippen LogP contribution in [0.25, 0.3) is 16.9 Å². The first-order valence-electron chi connectivity index (χ1n) is 13.9. The Morgan fingerprint density at radius 3 is 2.42 bits per heavy atom. The number of halogens is 3. The molecule has 0 saturated carbocycles. The lowest BCUT2D eigenvalue weighted by molar-refractivity contribution is -0.137. The molecule has 0 bridgehead atoms. The van der Waals surface area contributed by atoms with Gasteiger partial charge in [-0.1, -0.05) is 17.7 Å². The van der Waals surface area contributed by atoms with Gasteiger partial charge in [0, 0.05) is 49.7 Å². The van der Waals surface area contributed by atoms with Gasteiger partial charge < -0.3 is 9.80 Å². The van der Waals surface area contributed by atoms with Gasteiger partial charge >= 0.3 is 6.18 Å². The predicted molar refractivity (Wildman–Crippen MR) is 153 cm³/mol. The number of anilines is 1. The van der Waals surface area contributed by atoms with Crippen LogP contribution in [0.3, 0.4) is 0 Å². The van der Waals surface area contributed by atoms with E-state index in [-0.39, 0.29) is 28.6 Å². The fraction of sp³-hybridized carbons (Fsp3) is 0.281. The Balaban J connectivity index is 1.31. The molecule has 0 radical (unpaired) electrons. The second-order valence-corrected chi connectivity index (χ2v) is 10.9. The second kappa shape index (κ2) is 10.7. The summed E-state index contributed by atoms with van der Waals surface area (Å²) in [6.07, 6.45) is -0.104. The maximum atomic E-state index is 13.8. The normalized spacial score (nSPS) is 16.5. The van der Waals surface area contributed by atoms with Gasteiger partial charge in [0.15, 0.2) is 11.5 Å². The number of likely N-dealkylation sites (tertiary alicyclic amines) is 1. The molecule has 2 aromatic heterocycles. The molecule has 0 N–H and O–H groups in total. The standard InChI is InChI=1S/C32H27F3N6O2/c1-21-4-7-25(8-5-21)40-14-10-29(42)31(40)11-15-39(16-12-31)30(43)26-18-28(22-3-2-13-37-20-22)41(38-26)27-9-6-24(32(33,34)35)17-23(27)19-36/h2-9,13,17-18,20H,10-12,14-16H2,1H3. The van der Waals surface area contributed by atoms with Crippen LogP contribution in [0.4, 0.5) is 18.9 Å². The SMILES string of the molecule is Cc1ccc(N2CCC(=O)C23CCN(C(=O)c2cc(-c4cccnc4)n(-c4ccc(C(F)(F)F)cc4C#N)n2)CC3)cc1. The Bertz CT molecular complexity index is 1730. The molecule has 1 spiro atoms. The summed E-state index contributed by atoms with van der Waals surface area (Å²) in [4.78, 5) is 34.9. The molecular formula is C32H27F3N6O2. The Hall–Kier alpha value is -4.98. The predicted octanol–water partition coefficient (Wildman–Crippen LogP) is 5.59. The van der Waals surface area contributed by atoms with Crippen LogP contribution in [0, 0.1) is 18.3 Å². The average Bonchev–Trinajstić information content (AvgIpc) is 3.59. The van der Waals surface area contributed by atoms with Crippen LogP contribution in [-0.2, 0) is 11.0 Å². The van der Waals surface area contributed by atoms with E-state index in [1.54, 1.807) is 35.5 Å². The summed E-state index contributed by atoms with van der Waals surface area (Å²) in [7, 11) is 0. The van der Waals surface area contributed by atoms with Gasteiger partial charge in [0.2, 0.25) is 0 Å². The number of nitriles is 1.